The summed E-state index contributed by atoms with van der Waals surface area (Å²) >= 11 is 0. The summed E-state index contributed by atoms with van der Waals surface area (Å²) in [6, 6.07) is 2.22. The van der Waals surface area contributed by atoms with Crippen LogP contribution in [0.25, 0.3) is 0 Å². The highest BCUT2D eigenvalue weighted by Gasteiger charge is 2.37. The van der Waals surface area contributed by atoms with E-state index in [1.54, 1.807) is 0 Å². The van der Waals surface area contributed by atoms with Crippen LogP contribution in [-0.4, -0.2) is 41.0 Å². The number of likely N-dealkylation sites (tertiary alicyclic amines) is 1. The maximum Gasteiger partial charge on any atom is 0.225 e. The zero-order valence-electron chi connectivity index (χ0n) is 13.7. The lowest BCUT2D eigenvalue weighted by molar-refractivity contribution is -0.130. The summed E-state index contributed by atoms with van der Waals surface area (Å²) in [5.74, 6) is 0.695. The van der Waals surface area contributed by atoms with Gasteiger partial charge in [-0.25, -0.2) is 0 Å². The van der Waals surface area contributed by atoms with Crippen molar-refractivity contribution in [3.8, 4) is 0 Å². The fraction of sp³-hybridized carbons (Fsp3) is 0.706. The molecule has 1 aliphatic heterocycles. The molecule has 0 bridgehead atoms. The highest BCUT2D eigenvalue weighted by atomic mass is 16.5. The van der Waals surface area contributed by atoms with Crippen molar-refractivity contribution < 1.29 is 14.1 Å². The van der Waals surface area contributed by atoms with Crippen LogP contribution in [0.1, 0.15) is 50.0 Å². The van der Waals surface area contributed by atoms with E-state index in [0.29, 0.717) is 32.0 Å². The summed E-state index contributed by atoms with van der Waals surface area (Å²) in [4.78, 5) is 26.4. The highest BCUT2D eigenvalue weighted by molar-refractivity contribution is 5.89. The standard InChI is InChI=1S/C17H25N3O3/c1-12-9-14(19-23-12)7-8-18-17(22)13-10-16(21)20(11-13)15-5-3-2-4-6-15/h9,13,15H,2-8,10-11H2,1H3,(H,18,22). The Morgan fingerprint density at radius 3 is 2.87 bits per heavy atom. The molecule has 1 N–H and O–H groups in total. The molecule has 1 aromatic heterocycles. The number of aromatic nitrogens is 1. The van der Waals surface area contributed by atoms with Crippen molar-refractivity contribution in [2.24, 2.45) is 5.92 Å². The van der Waals surface area contributed by atoms with Crippen molar-refractivity contribution in [1.82, 2.24) is 15.4 Å². The van der Waals surface area contributed by atoms with E-state index in [4.69, 9.17) is 4.52 Å². The zero-order chi connectivity index (χ0) is 16.2. The van der Waals surface area contributed by atoms with E-state index in [1.165, 1.54) is 19.3 Å². The number of aryl methyl sites for hydroxylation is 1. The zero-order valence-corrected chi connectivity index (χ0v) is 13.7. The predicted molar refractivity (Wildman–Crippen MR) is 84.6 cm³/mol. The fourth-order valence-electron chi connectivity index (χ4n) is 3.65. The van der Waals surface area contributed by atoms with Crippen LogP contribution in [0.2, 0.25) is 0 Å². The molecule has 3 rings (SSSR count). The van der Waals surface area contributed by atoms with Gasteiger partial charge in [0.05, 0.1) is 11.6 Å². The molecule has 2 aliphatic rings. The Morgan fingerprint density at radius 1 is 1.39 bits per heavy atom. The molecule has 126 valence electrons. The molecule has 1 saturated carbocycles. The van der Waals surface area contributed by atoms with Crippen LogP contribution in [0.5, 0.6) is 0 Å². The van der Waals surface area contributed by atoms with Crippen molar-refractivity contribution in [1.29, 1.82) is 0 Å². The molecule has 1 aromatic rings. The number of nitrogens with one attached hydrogen (secondary N) is 1. The molecular weight excluding hydrogens is 294 g/mol. The SMILES string of the molecule is Cc1cc(CCNC(=O)C2CC(=O)N(C3CCCCC3)C2)no1. The third-order valence-corrected chi connectivity index (χ3v) is 4.90. The first-order valence-corrected chi connectivity index (χ1v) is 8.63. The van der Waals surface area contributed by atoms with Crippen LogP contribution < -0.4 is 5.32 Å². The summed E-state index contributed by atoms with van der Waals surface area (Å²) in [7, 11) is 0. The Morgan fingerprint density at radius 2 is 2.17 bits per heavy atom. The van der Waals surface area contributed by atoms with Crippen LogP contribution in [0, 0.1) is 12.8 Å². The van der Waals surface area contributed by atoms with E-state index in [9.17, 15) is 9.59 Å². The molecule has 23 heavy (non-hydrogen) atoms. The molecular formula is C17H25N3O3. The summed E-state index contributed by atoms with van der Waals surface area (Å²) in [5, 5.41) is 6.83. The van der Waals surface area contributed by atoms with Gasteiger partial charge in [-0.15, -0.1) is 0 Å². The summed E-state index contributed by atoms with van der Waals surface area (Å²) in [5.41, 5.74) is 0.842. The molecule has 2 amide bonds. The average Bonchev–Trinajstić information content (AvgIpc) is 3.14. The molecule has 0 aromatic carbocycles. The van der Waals surface area contributed by atoms with Gasteiger partial charge >= 0.3 is 0 Å². The summed E-state index contributed by atoms with van der Waals surface area (Å²) in [6.07, 6.45) is 6.84. The van der Waals surface area contributed by atoms with E-state index in [0.717, 1.165) is 24.3 Å². The number of nitrogens with zero attached hydrogens (tertiary/aromatic N) is 2. The third kappa shape index (κ3) is 3.92. The van der Waals surface area contributed by atoms with Gasteiger partial charge in [-0.3, -0.25) is 9.59 Å². The van der Waals surface area contributed by atoms with Crippen molar-refractivity contribution >= 4 is 11.8 Å². The van der Waals surface area contributed by atoms with Crippen molar-refractivity contribution in [2.75, 3.05) is 13.1 Å². The van der Waals surface area contributed by atoms with Gasteiger partial charge in [-0.1, -0.05) is 24.4 Å². The Kier molecular flexibility index (Phi) is 4.98. The molecule has 0 spiro atoms. The first-order chi connectivity index (χ1) is 11.1. The molecule has 6 heteroatoms. The van der Waals surface area contributed by atoms with Crippen molar-refractivity contribution in [3.63, 3.8) is 0 Å². The van der Waals surface area contributed by atoms with Gasteiger partial charge in [-0.05, 0) is 19.8 Å². The lowest BCUT2D eigenvalue weighted by Crippen LogP contribution is -2.39. The summed E-state index contributed by atoms with van der Waals surface area (Å²) < 4.78 is 5.00. The largest absolute Gasteiger partial charge is 0.361 e. The van der Waals surface area contributed by atoms with E-state index >= 15 is 0 Å². The average molecular weight is 319 g/mol. The maximum atomic E-state index is 12.3. The molecule has 6 nitrogen and oxygen atoms in total. The minimum atomic E-state index is -0.205. The number of hydrogen-bond acceptors (Lipinski definition) is 4. The molecule has 1 unspecified atom stereocenters. The van der Waals surface area contributed by atoms with E-state index in [-0.39, 0.29) is 17.7 Å². The monoisotopic (exact) mass is 319 g/mol. The third-order valence-electron chi connectivity index (χ3n) is 4.90. The van der Waals surface area contributed by atoms with Gasteiger partial charge in [0.1, 0.15) is 5.76 Å². The minimum Gasteiger partial charge on any atom is -0.361 e. The van der Waals surface area contributed by atoms with E-state index in [1.807, 2.05) is 17.9 Å². The first kappa shape index (κ1) is 16.0. The van der Waals surface area contributed by atoms with Gasteiger partial charge in [-0.2, -0.15) is 0 Å². The molecule has 2 heterocycles. The molecule has 0 radical (unpaired) electrons. The quantitative estimate of drug-likeness (QED) is 0.898. The van der Waals surface area contributed by atoms with Gasteiger partial charge < -0.3 is 14.7 Å². The first-order valence-electron chi connectivity index (χ1n) is 8.63. The second-order valence-electron chi connectivity index (χ2n) is 6.71. The molecule has 1 atom stereocenters. The number of hydrogen-bond donors (Lipinski definition) is 1. The van der Waals surface area contributed by atoms with Gasteiger partial charge in [0.25, 0.3) is 0 Å². The van der Waals surface area contributed by atoms with Gasteiger partial charge in [0.2, 0.25) is 11.8 Å². The lowest BCUT2D eigenvalue weighted by Gasteiger charge is -2.31. The highest BCUT2D eigenvalue weighted by Crippen LogP contribution is 2.28. The maximum absolute atomic E-state index is 12.3. The van der Waals surface area contributed by atoms with Crippen molar-refractivity contribution in [2.45, 2.75) is 57.9 Å². The van der Waals surface area contributed by atoms with E-state index < -0.39 is 0 Å². The fourth-order valence-corrected chi connectivity index (χ4v) is 3.65. The number of rotatable bonds is 5. The number of amides is 2. The Balaban J connectivity index is 1.45. The normalized spacial score (nSPS) is 22.6. The van der Waals surface area contributed by atoms with E-state index in [2.05, 4.69) is 10.5 Å². The van der Waals surface area contributed by atoms with Crippen LogP contribution >= 0.6 is 0 Å². The Bertz CT molecular complexity index is 563. The molecule has 2 fully saturated rings. The smallest absolute Gasteiger partial charge is 0.225 e. The van der Waals surface area contributed by atoms with Gasteiger partial charge in [0.15, 0.2) is 0 Å². The van der Waals surface area contributed by atoms with Crippen LogP contribution in [0.3, 0.4) is 0 Å². The Hall–Kier alpha value is -1.85. The van der Waals surface area contributed by atoms with Crippen molar-refractivity contribution in [3.05, 3.63) is 17.5 Å². The number of carbonyl (C=O) groups excluding carboxylic acids is 2. The summed E-state index contributed by atoms with van der Waals surface area (Å²) in [6.45, 7) is 2.95. The van der Waals surface area contributed by atoms with Crippen LogP contribution in [0.15, 0.2) is 10.6 Å². The van der Waals surface area contributed by atoms with Crippen LogP contribution in [-0.2, 0) is 16.0 Å². The van der Waals surface area contributed by atoms with Gasteiger partial charge in [0, 0.05) is 38.0 Å². The minimum absolute atomic E-state index is 0.0168. The molecule has 1 aliphatic carbocycles. The number of carbonyl (C=O) groups is 2. The Labute approximate surface area is 136 Å². The lowest BCUT2D eigenvalue weighted by atomic mass is 9.94. The molecule has 1 saturated heterocycles. The second kappa shape index (κ2) is 7.15. The second-order valence-corrected chi connectivity index (χ2v) is 6.71. The van der Waals surface area contributed by atoms with Crippen LogP contribution in [0.4, 0.5) is 0 Å². The predicted octanol–water partition coefficient (Wildman–Crippen LogP) is 1.82. The topological polar surface area (TPSA) is 75.4 Å².